The Morgan fingerprint density at radius 3 is 2.45 bits per heavy atom. The van der Waals surface area contributed by atoms with Crippen LogP contribution < -0.4 is 11.1 Å². The van der Waals surface area contributed by atoms with Crippen molar-refractivity contribution in [2.75, 3.05) is 11.1 Å². The van der Waals surface area contributed by atoms with E-state index in [-0.39, 0.29) is 5.82 Å². The molecule has 3 aromatic carbocycles. The van der Waals surface area contributed by atoms with Gasteiger partial charge in [-0.2, -0.15) is 0 Å². The van der Waals surface area contributed by atoms with Gasteiger partial charge in [-0.05, 0) is 53.2 Å². The average molecular weight is 331 g/mol. The van der Waals surface area contributed by atoms with E-state index in [1.807, 2.05) is 36.4 Å². The molecule has 0 unspecified atom stereocenters. The first-order chi connectivity index (χ1) is 9.61. The summed E-state index contributed by atoms with van der Waals surface area (Å²) < 4.78 is 14.8. The standard InChI is InChI=1S/C16H12BrFN2/c17-12-3-1-11-8-14(5-2-10(11)7-12)20-16-6-4-13(19)9-15(16)18/h1-9,20H,19H2. The molecular weight excluding hydrogens is 319 g/mol. The molecule has 2 nitrogen and oxygen atoms in total. The first-order valence-corrected chi connectivity index (χ1v) is 6.92. The molecule has 3 rings (SSSR count). The number of hydrogen-bond acceptors (Lipinski definition) is 2. The van der Waals surface area contributed by atoms with Crippen LogP contribution in [0.4, 0.5) is 21.5 Å². The smallest absolute Gasteiger partial charge is 0.148 e. The zero-order valence-corrected chi connectivity index (χ0v) is 12.1. The number of halogens is 2. The SMILES string of the molecule is Nc1ccc(Nc2ccc3cc(Br)ccc3c2)c(F)c1. The molecule has 20 heavy (non-hydrogen) atoms. The van der Waals surface area contributed by atoms with E-state index in [1.165, 1.54) is 6.07 Å². The maximum absolute atomic E-state index is 13.8. The third-order valence-electron chi connectivity index (χ3n) is 3.07. The van der Waals surface area contributed by atoms with Crippen molar-refractivity contribution < 1.29 is 4.39 Å². The van der Waals surface area contributed by atoms with Crippen molar-refractivity contribution in [3.8, 4) is 0 Å². The van der Waals surface area contributed by atoms with Gasteiger partial charge >= 0.3 is 0 Å². The highest BCUT2D eigenvalue weighted by Crippen LogP contribution is 2.26. The molecule has 0 spiro atoms. The van der Waals surface area contributed by atoms with Crippen molar-refractivity contribution in [2.24, 2.45) is 0 Å². The number of benzene rings is 3. The topological polar surface area (TPSA) is 38.0 Å². The fourth-order valence-corrected chi connectivity index (χ4v) is 2.46. The Hall–Kier alpha value is -2.07. The van der Waals surface area contributed by atoms with E-state index in [9.17, 15) is 4.39 Å². The molecule has 0 aliphatic rings. The van der Waals surface area contributed by atoms with Crippen molar-refractivity contribution in [3.63, 3.8) is 0 Å². The minimum atomic E-state index is -0.360. The van der Waals surface area contributed by atoms with Gasteiger partial charge in [-0.3, -0.25) is 0 Å². The van der Waals surface area contributed by atoms with Crippen LogP contribution in [0, 0.1) is 5.82 Å². The van der Waals surface area contributed by atoms with E-state index < -0.39 is 0 Å². The van der Waals surface area contributed by atoms with Crippen molar-refractivity contribution >= 4 is 43.8 Å². The van der Waals surface area contributed by atoms with Gasteiger partial charge in [0.2, 0.25) is 0 Å². The van der Waals surface area contributed by atoms with Gasteiger partial charge < -0.3 is 11.1 Å². The minimum absolute atomic E-state index is 0.360. The second-order valence-electron chi connectivity index (χ2n) is 4.57. The van der Waals surface area contributed by atoms with Crippen LogP contribution in [0.15, 0.2) is 59.1 Å². The van der Waals surface area contributed by atoms with Crippen LogP contribution >= 0.6 is 15.9 Å². The fraction of sp³-hybridized carbons (Fsp3) is 0. The lowest BCUT2D eigenvalue weighted by Gasteiger charge is -2.09. The van der Waals surface area contributed by atoms with Crippen LogP contribution in [0.25, 0.3) is 10.8 Å². The van der Waals surface area contributed by atoms with E-state index in [0.717, 1.165) is 20.9 Å². The van der Waals surface area contributed by atoms with Crippen molar-refractivity contribution in [1.82, 2.24) is 0 Å². The summed E-state index contributed by atoms with van der Waals surface area (Å²) in [4.78, 5) is 0. The Bertz CT molecular complexity index is 787. The molecule has 0 aliphatic carbocycles. The summed E-state index contributed by atoms with van der Waals surface area (Å²) in [6.45, 7) is 0. The molecule has 3 N–H and O–H groups in total. The van der Waals surface area contributed by atoms with Crippen molar-refractivity contribution in [3.05, 3.63) is 64.9 Å². The minimum Gasteiger partial charge on any atom is -0.399 e. The Morgan fingerprint density at radius 2 is 1.65 bits per heavy atom. The van der Waals surface area contributed by atoms with E-state index >= 15 is 0 Å². The highest BCUT2D eigenvalue weighted by molar-refractivity contribution is 9.10. The molecule has 0 radical (unpaired) electrons. The van der Waals surface area contributed by atoms with Gasteiger partial charge in [0.05, 0.1) is 5.69 Å². The maximum atomic E-state index is 13.8. The van der Waals surface area contributed by atoms with E-state index in [0.29, 0.717) is 11.4 Å². The van der Waals surface area contributed by atoms with E-state index in [1.54, 1.807) is 12.1 Å². The lowest BCUT2D eigenvalue weighted by atomic mass is 10.1. The molecule has 0 saturated carbocycles. The first kappa shape index (κ1) is 12.9. The number of anilines is 3. The number of fused-ring (bicyclic) bond motifs is 1. The van der Waals surface area contributed by atoms with Gasteiger partial charge in [-0.1, -0.05) is 28.1 Å². The van der Waals surface area contributed by atoms with Gasteiger partial charge in [0.15, 0.2) is 0 Å². The summed E-state index contributed by atoms with van der Waals surface area (Å²) in [5, 5.41) is 5.28. The Kier molecular flexibility index (Phi) is 3.32. The van der Waals surface area contributed by atoms with Crippen LogP contribution in [0.2, 0.25) is 0 Å². The molecule has 0 fully saturated rings. The summed E-state index contributed by atoms with van der Waals surface area (Å²) in [5.41, 5.74) is 7.20. The number of nitrogens with one attached hydrogen (secondary N) is 1. The second kappa shape index (κ2) is 5.13. The molecule has 3 aromatic rings. The van der Waals surface area contributed by atoms with E-state index in [2.05, 4.69) is 21.2 Å². The van der Waals surface area contributed by atoms with Gasteiger partial charge in [-0.25, -0.2) is 4.39 Å². The third kappa shape index (κ3) is 2.60. The summed E-state index contributed by atoms with van der Waals surface area (Å²) in [6, 6.07) is 16.6. The number of rotatable bonds is 2. The van der Waals surface area contributed by atoms with Gasteiger partial charge in [0.1, 0.15) is 5.82 Å². The Balaban J connectivity index is 1.96. The summed E-state index contributed by atoms with van der Waals surface area (Å²) >= 11 is 3.44. The van der Waals surface area contributed by atoms with Crippen LogP contribution in [-0.4, -0.2) is 0 Å². The molecule has 0 amide bonds. The van der Waals surface area contributed by atoms with Crippen LogP contribution in [0.5, 0.6) is 0 Å². The monoisotopic (exact) mass is 330 g/mol. The van der Waals surface area contributed by atoms with Crippen molar-refractivity contribution in [1.29, 1.82) is 0 Å². The number of nitrogen functional groups attached to an aromatic ring is 1. The molecule has 100 valence electrons. The van der Waals surface area contributed by atoms with Crippen LogP contribution in [0.3, 0.4) is 0 Å². The zero-order chi connectivity index (χ0) is 14.1. The number of nitrogens with two attached hydrogens (primary N) is 1. The first-order valence-electron chi connectivity index (χ1n) is 6.13. The quantitative estimate of drug-likeness (QED) is 0.644. The van der Waals surface area contributed by atoms with Crippen molar-refractivity contribution in [2.45, 2.75) is 0 Å². The highest BCUT2D eigenvalue weighted by atomic mass is 79.9. The Morgan fingerprint density at radius 1 is 0.900 bits per heavy atom. The third-order valence-corrected chi connectivity index (χ3v) is 3.57. The maximum Gasteiger partial charge on any atom is 0.148 e. The summed E-state index contributed by atoms with van der Waals surface area (Å²) in [5.74, 6) is -0.360. The van der Waals surface area contributed by atoms with Gasteiger partial charge in [-0.15, -0.1) is 0 Å². The molecule has 0 saturated heterocycles. The molecule has 0 aliphatic heterocycles. The largest absolute Gasteiger partial charge is 0.399 e. The number of hydrogen-bond donors (Lipinski definition) is 2. The summed E-state index contributed by atoms with van der Waals surface area (Å²) in [6.07, 6.45) is 0. The van der Waals surface area contributed by atoms with Crippen LogP contribution in [0.1, 0.15) is 0 Å². The summed E-state index contributed by atoms with van der Waals surface area (Å²) in [7, 11) is 0. The van der Waals surface area contributed by atoms with Gasteiger partial charge in [0, 0.05) is 15.8 Å². The highest BCUT2D eigenvalue weighted by Gasteiger charge is 2.03. The predicted molar refractivity (Wildman–Crippen MR) is 85.7 cm³/mol. The molecule has 0 aromatic heterocycles. The van der Waals surface area contributed by atoms with E-state index in [4.69, 9.17) is 5.73 Å². The molecule has 4 heteroatoms. The second-order valence-corrected chi connectivity index (χ2v) is 5.49. The molecular formula is C16H12BrFN2. The molecule has 0 atom stereocenters. The molecule has 0 bridgehead atoms. The zero-order valence-electron chi connectivity index (χ0n) is 10.5. The normalized spacial score (nSPS) is 10.7. The fourth-order valence-electron chi connectivity index (χ4n) is 2.08. The predicted octanol–water partition coefficient (Wildman–Crippen LogP) is 5.07. The average Bonchev–Trinajstić information content (AvgIpc) is 2.42. The Labute approximate surface area is 124 Å². The molecule has 0 heterocycles. The van der Waals surface area contributed by atoms with Gasteiger partial charge in [0.25, 0.3) is 0 Å². The lowest BCUT2D eigenvalue weighted by Crippen LogP contribution is -1.95. The lowest BCUT2D eigenvalue weighted by molar-refractivity contribution is 0.632. The van der Waals surface area contributed by atoms with Crippen LogP contribution in [-0.2, 0) is 0 Å².